The second-order valence-electron chi connectivity index (χ2n) is 24.6. The van der Waals surface area contributed by atoms with E-state index >= 15 is 4.39 Å². The highest BCUT2D eigenvalue weighted by molar-refractivity contribution is 5.93. The van der Waals surface area contributed by atoms with Gasteiger partial charge in [0.15, 0.2) is 12.6 Å². The highest BCUT2D eigenvalue weighted by Crippen LogP contribution is 2.40. The molecule has 1 N–H and O–H groups in total. The lowest BCUT2D eigenvalue weighted by Crippen LogP contribution is -2.66. The number of likely N-dealkylation sites (tertiary alicyclic amines) is 1. The van der Waals surface area contributed by atoms with Crippen molar-refractivity contribution in [3.63, 3.8) is 0 Å². The third-order valence-electron chi connectivity index (χ3n) is 17.7. The molecule has 0 saturated carbocycles. The predicted molar refractivity (Wildman–Crippen MR) is 363 cm³/mol. The van der Waals surface area contributed by atoms with Gasteiger partial charge in [-0.1, -0.05) is 273 Å². The van der Waals surface area contributed by atoms with E-state index in [-0.39, 0.29) is 70.6 Å². The van der Waals surface area contributed by atoms with Gasteiger partial charge in [0, 0.05) is 0 Å². The van der Waals surface area contributed by atoms with Crippen molar-refractivity contribution in [3.05, 3.63) is 323 Å². The molecular formula is C81H82FNO15. The first-order valence-electron chi connectivity index (χ1n) is 33.3. The molecule has 508 valence electrons. The Balaban J connectivity index is 0.924. The smallest absolute Gasteiger partial charge is 0.375 e. The molecule has 3 heterocycles. The van der Waals surface area contributed by atoms with Gasteiger partial charge >= 0.3 is 12.1 Å². The first-order chi connectivity index (χ1) is 48.1. The number of carbonyl (C=O) groups excluding carboxylic acids is 2. The Morgan fingerprint density at radius 2 is 0.724 bits per heavy atom. The minimum absolute atomic E-state index is 0.00292. The maximum Gasteiger partial charge on any atom is 0.418 e. The average Bonchev–Trinajstić information content (AvgIpc) is 1.03. The van der Waals surface area contributed by atoms with Crippen LogP contribution >= 0.6 is 0 Å². The molecule has 0 aromatic heterocycles. The minimum atomic E-state index is -2.45. The summed E-state index contributed by atoms with van der Waals surface area (Å²) < 4.78 is 101. The number of rotatable bonds is 30. The van der Waals surface area contributed by atoms with Gasteiger partial charge in [0.1, 0.15) is 55.0 Å². The predicted octanol–water partition coefficient (Wildman–Crippen LogP) is 13.2. The molecule has 17 heteroatoms. The number of benzene rings is 9. The van der Waals surface area contributed by atoms with Crippen molar-refractivity contribution in [1.82, 2.24) is 4.90 Å². The third-order valence-corrected chi connectivity index (χ3v) is 17.7. The highest BCUT2D eigenvalue weighted by Gasteiger charge is 2.57. The highest BCUT2D eigenvalue weighted by atomic mass is 19.1. The first kappa shape index (κ1) is 69.3. The van der Waals surface area contributed by atoms with Crippen LogP contribution in [0.4, 0.5) is 9.18 Å². The fourth-order valence-corrected chi connectivity index (χ4v) is 12.6. The van der Waals surface area contributed by atoms with Gasteiger partial charge in [-0.25, -0.2) is 14.0 Å². The van der Waals surface area contributed by atoms with E-state index in [1.165, 1.54) is 0 Å². The maximum atomic E-state index is 17.8. The Labute approximate surface area is 571 Å². The molecule has 3 aliphatic heterocycles. The Morgan fingerprint density at radius 3 is 1.12 bits per heavy atom. The van der Waals surface area contributed by atoms with Gasteiger partial charge in [0.05, 0.1) is 78.2 Å². The SMILES string of the molecule is C[C@H]1O[C@H](O[C@H]2[C@H](OCc3ccccc3)[C@@H](OCc3ccccc3)[C@@H](O[C@H]3[C@H](F)CN(C(=O)OC(=O)C(O)(c4ccccc4)c4ccccc4)[C@@H]3COCc3ccccc3)O[C@@H]2COCc2ccccc2)[C@H](OCc2ccccc2)[C@@H](OCc2ccccc2)[C@@H]1OCc1ccccc1. The van der Waals surface area contributed by atoms with Crippen LogP contribution in [0, 0.1) is 0 Å². The second kappa shape index (κ2) is 34.7. The average molecular weight is 1330 g/mol. The van der Waals surface area contributed by atoms with E-state index < -0.39 is 104 Å². The summed E-state index contributed by atoms with van der Waals surface area (Å²) in [6.45, 7) is 1.72. The molecule has 0 bridgehead atoms. The zero-order chi connectivity index (χ0) is 67.3. The molecule has 3 saturated heterocycles. The topological polar surface area (TPSA) is 168 Å². The van der Waals surface area contributed by atoms with Crippen molar-refractivity contribution in [3.8, 4) is 0 Å². The van der Waals surface area contributed by atoms with Crippen LogP contribution in [-0.4, -0.2) is 122 Å². The van der Waals surface area contributed by atoms with Crippen LogP contribution in [0.1, 0.15) is 57.0 Å². The van der Waals surface area contributed by atoms with Crippen molar-refractivity contribution >= 4 is 12.1 Å². The van der Waals surface area contributed by atoms with E-state index in [0.717, 1.165) is 43.8 Å². The summed E-state index contributed by atoms with van der Waals surface area (Å²) in [4.78, 5) is 30.6. The van der Waals surface area contributed by atoms with E-state index in [1.54, 1.807) is 60.7 Å². The van der Waals surface area contributed by atoms with Gasteiger partial charge in [-0.2, -0.15) is 0 Å². The van der Waals surface area contributed by atoms with Crippen molar-refractivity contribution in [2.45, 2.75) is 139 Å². The zero-order valence-electron chi connectivity index (χ0n) is 54.5. The van der Waals surface area contributed by atoms with E-state index in [4.69, 9.17) is 56.8 Å². The number of aliphatic hydroxyl groups is 1. The van der Waals surface area contributed by atoms with E-state index in [1.807, 2.05) is 219 Å². The zero-order valence-corrected chi connectivity index (χ0v) is 54.5. The lowest BCUT2D eigenvalue weighted by atomic mass is 9.86. The summed E-state index contributed by atoms with van der Waals surface area (Å²) in [5.74, 6) is -1.30. The van der Waals surface area contributed by atoms with Crippen molar-refractivity contribution in [1.29, 1.82) is 0 Å². The van der Waals surface area contributed by atoms with Crippen LogP contribution in [0.2, 0.25) is 0 Å². The fourth-order valence-electron chi connectivity index (χ4n) is 12.6. The second-order valence-corrected chi connectivity index (χ2v) is 24.6. The molecule has 1 amide bonds. The quantitative estimate of drug-likeness (QED) is 0.0333. The number of hydrogen-bond donors (Lipinski definition) is 1. The molecule has 12 rings (SSSR count). The molecule has 9 aromatic rings. The number of esters is 1. The first-order valence-corrected chi connectivity index (χ1v) is 33.3. The molecule has 98 heavy (non-hydrogen) atoms. The number of nitrogens with zero attached hydrogens (tertiary/aromatic N) is 1. The van der Waals surface area contributed by atoms with Crippen LogP contribution in [0.5, 0.6) is 0 Å². The Morgan fingerprint density at radius 1 is 0.408 bits per heavy atom. The summed E-state index contributed by atoms with van der Waals surface area (Å²) >= 11 is 0. The molecule has 9 aromatic carbocycles. The van der Waals surface area contributed by atoms with Gasteiger partial charge < -0.3 is 61.9 Å². The lowest BCUT2D eigenvalue weighted by molar-refractivity contribution is -0.378. The molecule has 0 aliphatic carbocycles. The number of alkyl halides is 1. The Bertz CT molecular complexity index is 3770. The van der Waals surface area contributed by atoms with Crippen LogP contribution in [-0.2, 0) is 113 Å². The summed E-state index contributed by atoms with van der Waals surface area (Å²) in [6, 6.07) is 82.8. The van der Waals surface area contributed by atoms with Gasteiger partial charge in [-0.3, -0.25) is 4.90 Å². The molecule has 3 aliphatic rings. The maximum absolute atomic E-state index is 17.8. The molecular weight excluding hydrogens is 1250 g/mol. The van der Waals surface area contributed by atoms with Crippen molar-refractivity contribution < 1.29 is 75.9 Å². The Kier molecular flexibility index (Phi) is 24.6. The van der Waals surface area contributed by atoms with Crippen molar-refractivity contribution in [2.75, 3.05) is 19.8 Å². The minimum Gasteiger partial charge on any atom is -0.375 e. The molecule has 16 nitrogen and oxygen atoms in total. The van der Waals surface area contributed by atoms with Crippen LogP contribution in [0.3, 0.4) is 0 Å². The number of amides is 1. The monoisotopic (exact) mass is 1330 g/mol. The van der Waals surface area contributed by atoms with E-state index in [2.05, 4.69) is 0 Å². The molecule has 13 atom stereocenters. The molecule has 0 spiro atoms. The van der Waals surface area contributed by atoms with Gasteiger partial charge in [-0.15, -0.1) is 0 Å². The normalized spacial score (nSPS) is 24.0. The van der Waals surface area contributed by atoms with E-state index in [0.29, 0.717) is 0 Å². The molecule has 0 radical (unpaired) electrons. The lowest BCUT2D eigenvalue weighted by Gasteiger charge is -2.50. The number of hydrogen-bond acceptors (Lipinski definition) is 15. The van der Waals surface area contributed by atoms with Crippen LogP contribution < -0.4 is 0 Å². The summed E-state index contributed by atoms with van der Waals surface area (Å²) in [7, 11) is 0. The van der Waals surface area contributed by atoms with Crippen LogP contribution in [0.15, 0.2) is 273 Å². The molecule has 3 fully saturated rings. The van der Waals surface area contributed by atoms with Gasteiger partial charge in [0.2, 0.25) is 5.60 Å². The number of carbonyl (C=O) groups is 2. The van der Waals surface area contributed by atoms with Gasteiger partial charge in [-0.05, 0) is 57.0 Å². The van der Waals surface area contributed by atoms with Crippen LogP contribution in [0.25, 0.3) is 0 Å². The number of ether oxygens (including phenoxy) is 12. The van der Waals surface area contributed by atoms with E-state index in [9.17, 15) is 14.7 Å². The summed E-state index contributed by atoms with van der Waals surface area (Å²) in [6.07, 6.45) is -15.2. The number of halogens is 1. The largest absolute Gasteiger partial charge is 0.418 e. The summed E-state index contributed by atoms with van der Waals surface area (Å²) in [5.41, 5.74) is 3.92. The molecule has 0 unspecified atom stereocenters. The van der Waals surface area contributed by atoms with Crippen molar-refractivity contribution in [2.24, 2.45) is 0 Å². The standard InChI is InChI=1S/C81H82FNO15/c1-57-70(89-50-60-33-15-4-16-34-60)73(90-51-61-35-17-5-18-36-61)75(92-53-63-39-21-7-22-40-63)77(94-57)97-72-69(56-88-49-59-31-13-3-14-32-59)95-78(76(93-54-64-41-23-8-24-42-64)74(72)91-52-62-37-19-6-20-38-62)96-71-67(82)47-83(68(71)55-87-48-58-29-11-2-12-30-58)80(85)98-79(84)81(86,65-43-25-9-26-44-65)66-45-27-10-28-46-66/h2-46,57,67-78,86H,47-56H2,1H3/t57-,67-,68-,69-,70-,71+,72-,73+,74+,75-,76-,77-,78-/m1/s1. The van der Waals surface area contributed by atoms with Gasteiger partial charge in [0.25, 0.3) is 0 Å². The third kappa shape index (κ3) is 18.0. The Hall–Kier alpha value is -8.63. The summed E-state index contributed by atoms with van der Waals surface area (Å²) in [5, 5.41) is 12.4. The fraction of sp³-hybridized carbons (Fsp3) is 0.309.